The van der Waals surface area contributed by atoms with Crippen LogP contribution in [0.4, 0.5) is 5.82 Å². The van der Waals surface area contributed by atoms with Gasteiger partial charge in [0, 0.05) is 16.3 Å². The minimum absolute atomic E-state index is 0.564. The minimum atomic E-state index is 0.564. The first-order valence-electron chi connectivity index (χ1n) is 4.49. The molecule has 0 saturated carbocycles. The van der Waals surface area contributed by atoms with Crippen molar-refractivity contribution in [3.63, 3.8) is 0 Å². The van der Waals surface area contributed by atoms with Gasteiger partial charge in [-0.2, -0.15) is 0 Å². The second kappa shape index (κ2) is 3.72. The van der Waals surface area contributed by atoms with Gasteiger partial charge in [0.25, 0.3) is 0 Å². The molecule has 0 bridgehead atoms. The monoisotopic (exact) mass is 302 g/mol. The van der Waals surface area contributed by atoms with Crippen LogP contribution in [-0.4, -0.2) is 14.5 Å². The molecule has 4 nitrogen and oxygen atoms in total. The van der Waals surface area contributed by atoms with Gasteiger partial charge in [0.2, 0.25) is 0 Å². The molecule has 0 atom stereocenters. The van der Waals surface area contributed by atoms with Gasteiger partial charge in [-0.25, -0.2) is 9.97 Å². The van der Waals surface area contributed by atoms with Crippen LogP contribution in [0.25, 0.3) is 11.0 Å². The number of fused-ring (bicyclic) bond motifs is 1. The molecule has 2 aromatic rings. The summed E-state index contributed by atoms with van der Waals surface area (Å²) in [5, 5.41) is 0.974. The summed E-state index contributed by atoms with van der Waals surface area (Å²) in [5.74, 6) is 0.564. The lowest BCUT2D eigenvalue weighted by Crippen LogP contribution is -1.98. The summed E-state index contributed by atoms with van der Waals surface area (Å²) in [5.41, 5.74) is 6.73. The normalized spacial score (nSPS) is 11.0. The van der Waals surface area contributed by atoms with Crippen LogP contribution >= 0.6 is 22.6 Å². The van der Waals surface area contributed by atoms with Crippen molar-refractivity contribution >= 4 is 39.4 Å². The molecule has 0 aliphatic heterocycles. The maximum absolute atomic E-state index is 5.80. The molecule has 0 spiro atoms. The third-order valence-corrected chi connectivity index (χ3v) is 2.92. The summed E-state index contributed by atoms with van der Waals surface area (Å²) in [6.07, 6.45) is 4.67. The second-order valence-electron chi connectivity index (χ2n) is 3.13. The Morgan fingerprint density at radius 2 is 2.29 bits per heavy atom. The minimum Gasteiger partial charge on any atom is -0.383 e. The number of anilines is 1. The molecule has 0 saturated heterocycles. The topological polar surface area (TPSA) is 56.7 Å². The number of nitrogens with two attached hydrogens (primary N) is 1. The van der Waals surface area contributed by atoms with E-state index in [1.807, 2.05) is 0 Å². The van der Waals surface area contributed by atoms with Crippen LogP contribution in [0.15, 0.2) is 12.5 Å². The molecule has 0 aliphatic carbocycles. The van der Waals surface area contributed by atoms with Gasteiger partial charge in [0.1, 0.15) is 17.8 Å². The predicted molar refractivity (Wildman–Crippen MR) is 64.9 cm³/mol. The van der Waals surface area contributed by atoms with Crippen LogP contribution in [0.2, 0.25) is 0 Å². The highest BCUT2D eigenvalue weighted by molar-refractivity contribution is 14.1. The molecular formula is C9H11IN4. The highest BCUT2D eigenvalue weighted by Crippen LogP contribution is 2.24. The Kier molecular flexibility index (Phi) is 2.58. The summed E-state index contributed by atoms with van der Waals surface area (Å²) in [6, 6.07) is 0. The molecule has 0 aromatic carbocycles. The molecular weight excluding hydrogens is 291 g/mol. The van der Waals surface area contributed by atoms with Crippen molar-refractivity contribution in [1.82, 2.24) is 14.5 Å². The molecule has 2 N–H and O–H groups in total. The van der Waals surface area contributed by atoms with E-state index < -0.39 is 0 Å². The van der Waals surface area contributed by atoms with Gasteiger partial charge in [-0.15, -0.1) is 0 Å². The third kappa shape index (κ3) is 1.45. The van der Waals surface area contributed by atoms with Gasteiger partial charge in [-0.1, -0.05) is 6.92 Å². The first kappa shape index (κ1) is 9.70. The van der Waals surface area contributed by atoms with Crippen molar-refractivity contribution in [3.05, 3.63) is 16.1 Å². The maximum atomic E-state index is 5.80. The zero-order valence-corrected chi connectivity index (χ0v) is 10.0. The molecule has 2 heterocycles. The zero-order chi connectivity index (χ0) is 10.1. The lowest BCUT2D eigenvalue weighted by molar-refractivity contribution is 0.696. The SMILES string of the molecule is CCCn1cc(I)c2c(N)ncnc21. The average Bonchev–Trinajstić information content (AvgIpc) is 2.46. The van der Waals surface area contributed by atoms with E-state index in [2.05, 4.69) is 50.2 Å². The Balaban J connectivity index is 2.71. The van der Waals surface area contributed by atoms with Gasteiger partial charge >= 0.3 is 0 Å². The first-order valence-corrected chi connectivity index (χ1v) is 5.56. The fraction of sp³-hybridized carbons (Fsp3) is 0.333. The first-order chi connectivity index (χ1) is 6.74. The quantitative estimate of drug-likeness (QED) is 0.864. The maximum Gasteiger partial charge on any atom is 0.146 e. The van der Waals surface area contributed by atoms with Crippen molar-refractivity contribution in [3.8, 4) is 0 Å². The van der Waals surface area contributed by atoms with E-state index in [9.17, 15) is 0 Å². The molecule has 0 fully saturated rings. The van der Waals surface area contributed by atoms with E-state index in [4.69, 9.17) is 5.73 Å². The zero-order valence-electron chi connectivity index (χ0n) is 7.87. The van der Waals surface area contributed by atoms with E-state index >= 15 is 0 Å². The van der Waals surface area contributed by atoms with E-state index in [1.54, 1.807) is 0 Å². The molecule has 5 heteroatoms. The van der Waals surface area contributed by atoms with Crippen molar-refractivity contribution in [2.45, 2.75) is 19.9 Å². The number of halogens is 1. The van der Waals surface area contributed by atoms with Crippen LogP contribution in [0, 0.1) is 3.57 Å². The summed E-state index contributed by atoms with van der Waals surface area (Å²) >= 11 is 2.26. The Labute approximate surface area is 95.7 Å². The number of nitrogens with zero attached hydrogens (tertiary/aromatic N) is 3. The summed E-state index contributed by atoms with van der Waals surface area (Å²) in [7, 11) is 0. The molecule has 0 aliphatic rings. The molecule has 14 heavy (non-hydrogen) atoms. The standard InChI is InChI=1S/C9H11IN4/c1-2-3-14-4-6(10)7-8(11)12-5-13-9(7)14/h4-5H,2-3H2,1H3,(H2,11,12,13). The highest BCUT2D eigenvalue weighted by atomic mass is 127. The van der Waals surface area contributed by atoms with E-state index in [1.165, 1.54) is 6.33 Å². The van der Waals surface area contributed by atoms with Crippen molar-refractivity contribution in [1.29, 1.82) is 0 Å². The van der Waals surface area contributed by atoms with Crippen molar-refractivity contribution in [2.24, 2.45) is 0 Å². The Bertz CT molecular complexity index is 463. The molecule has 2 rings (SSSR count). The lowest BCUT2D eigenvalue weighted by Gasteiger charge is -2.00. The van der Waals surface area contributed by atoms with Gasteiger partial charge in [-0.3, -0.25) is 0 Å². The van der Waals surface area contributed by atoms with Gasteiger partial charge in [0.05, 0.1) is 5.39 Å². The van der Waals surface area contributed by atoms with Crippen LogP contribution in [0.5, 0.6) is 0 Å². The largest absolute Gasteiger partial charge is 0.383 e. The Morgan fingerprint density at radius 3 is 3.00 bits per heavy atom. The summed E-state index contributed by atoms with van der Waals surface area (Å²) in [4.78, 5) is 8.24. The van der Waals surface area contributed by atoms with Gasteiger partial charge in [0.15, 0.2) is 0 Å². The number of aromatic nitrogens is 3. The molecule has 0 radical (unpaired) electrons. The fourth-order valence-electron chi connectivity index (χ4n) is 1.51. The molecule has 74 valence electrons. The lowest BCUT2D eigenvalue weighted by atomic mass is 10.4. The molecule has 0 amide bonds. The fourth-order valence-corrected chi connectivity index (χ4v) is 2.36. The van der Waals surface area contributed by atoms with Crippen LogP contribution < -0.4 is 5.73 Å². The van der Waals surface area contributed by atoms with E-state index in [0.717, 1.165) is 27.6 Å². The van der Waals surface area contributed by atoms with Crippen LogP contribution in [0.1, 0.15) is 13.3 Å². The Hall–Kier alpha value is -0.850. The van der Waals surface area contributed by atoms with Crippen molar-refractivity contribution < 1.29 is 0 Å². The number of hydrogen-bond donors (Lipinski definition) is 1. The van der Waals surface area contributed by atoms with Crippen LogP contribution in [-0.2, 0) is 6.54 Å². The Morgan fingerprint density at radius 1 is 1.50 bits per heavy atom. The van der Waals surface area contributed by atoms with E-state index in [0.29, 0.717) is 5.82 Å². The third-order valence-electron chi connectivity index (χ3n) is 2.10. The number of rotatable bonds is 2. The number of aryl methyl sites for hydroxylation is 1. The summed E-state index contributed by atoms with van der Waals surface area (Å²) < 4.78 is 3.24. The average molecular weight is 302 g/mol. The van der Waals surface area contributed by atoms with Crippen molar-refractivity contribution in [2.75, 3.05) is 5.73 Å². The van der Waals surface area contributed by atoms with Gasteiger partial charge < -0.3 is 10.3 Å². The highest BCUT2D eigenvalue weighted by Gasteiger charge is 2.10. The molecule has 0 unspecified atom stereocenters. The smallest absolute Gasteiger partial charge is 0.146 e. The predicted octanol–water partition coefficient (Wildman–Crippen LogP) is 2.03. The van der Waals surface area contributed by atoms with E-state index in [-0.39, 0.29) is 0 Å². The van der Waals surface area contributed by atoms with Gasteiger partial charge in [-0.05, 0) is 29.0 Å². The number of nitrogen functional groups attached to an aromatic ring is 1. The number of hydrogen-bond acceptors (Lipinski definition) is 3. The molecule has 2 aromatic heterocycles. The summed E-state index contributed by atoms with van der Waals surface area (Å²) in [6.45, 7) is 3.11. The second-order valence-corrected chi connectivity index (χ2v) is 4.29. The van der Waals surface area contributed by atoms with Crippen LogP contribution in [0.3, 0.4) is 0 Å².